The van der Waals surface area contributed by atoms with E-state index in [0.717, 1.165) is 17.7 Å². The predicted molar refractivity (Wildman–Crippen MR) is 49.4 cm³/mol. The fraction of sp³-hybridized carbons (Fsp3) is 0.300. The lowest BCUT2D eigenvalue weighted by Gasteiger charge is -2.12. The average molecular weight is 163 g/mol. The fourth-order valence-corrected chi connectivity index (χ4v) is 1.26. The molecule has 0 saturated carbocycles. The third-order valence-electron chi connectivity index (χ3n) is 1.59. The number of carbonyl (C=O) groups excluding carboxylic acids is 1. The third-order valence-corrected chi connectivity index (χ3v) is 1.59. The molecule has 0 aliphatic heterocycles. The second-order valence-corrected chi connectivity index (χ2v) is 3.11. The molecule has 64 valence electrons. The van der Waals surface area contributed by atoms with Gasteiger partial charge in [0.05, 0.1) is 0 Å². The van der Waals surface area contributed by atoms with Gasteiger partial charge >= 0.3 is 0 Å². The molecule has 0 aromatic rings. The molecule has 0 aromatic heterocycles. The fourth-order valence-electron chi connectivity index (χ4n) is 1.26. The van der Waals surface area contributed by atoms with Gasteiger partial charge in [-0.1, -0.05) is 12.2 Å². The lowest BCUT2D eigenvalue weighted by Crippen LogP contribution is -2.19. The molecule has 1 N–H and O–H groups in total. The first-order valence-corrected chi connectivity index (χ1v) is 3.92. The normalized spacial score (nSPS) is 16.7. The first kappa shape index (κ1) is 8.78. The van der Waals surface area contributed by atoms with Crippen molar-refractivity contribution in [3.63, 3.8) is 0 Å². The molecular weight excluding hydrogens is 150 g/mol. The second kappa shape index (κ2) is 3.39. The van der Waals surface area contributed by atoms with E-state index in [1.54, 1.807) is 0 Å². The molecule has 1 aliphatic carbocycles. The van der Waals surface area contributed by atoms with Gasteiger partial charge in [-0.2, -0.15) is 0 Å². The molecule has 0 unspecified atom stereocenters. The SMILES string of the molecule is C=C1C=C(NC(C)=O)C=C(C)C1. The molecule has 1 rings (SSSR count). The first-order chi connectivity index (χ1) is 5.58. The molecule has 0 saturated heterocycles. The van der Waals surface area contributed by atoms with Crippen molar-refractivity contribution in [3.8, 4) is 0 Å². The monoisotopic (exact) mass is 163 g/mol. The molecule has 1 amide bonds. The van der Waals surface area contributed by atoms with Crippen molar-refractivity contribution in [1.29, 1.82) is 0 Å². The lowest BCUT2D eigenvalue weighted by atomic mass is 10.0. The van der Waals surface area contributed by atoms with E-state index >= 15 is 0 Å². The van der Waals surface area contributed by atoms with Crippen molar-refractivity contribution in [2.45, 2.75) is 20.3 Å². The molecule has 0 spiro atoms. The third kappa shape index (κ3) is 2.38. The number of rotatable bonds is 1. The number of hydrogen-bond donors (Lipinski definition) is 1. The molecule has 0 atom stereocenters. The lowest BCUT2D eigenvalue weighted by molar-refractivity contribution is -0.118. The van der Waals surface area contributed by atoms with Crippen LogP contribution in [0.4, 0.5) is 0 Å². The van der Waals surface area contributed by atoms with Gasteiger partial charge in [0.2, 0.25) is 5.91 Å². The van der Waals surface area contributed by atoms with Crippen molar-refractivity contribution in [2.75, 3.05) is 0 Å². The smallest absolute Gasteiger partial charge is 0.221 e. The van der Waals surface area contributed by atoms with Gasteiger partial charge < -0.3 is 5.32 Å². The quantitative estimate of drug-likeness (QED) is 0.628. The molecule has 0 fully saturated rings. The summed E-state index contributed by atoms with van der Waals surface area (Å²) in [4.78, 5) is 10.7. The van der Waals surface area contributed by atoms with Gasteiger partial charge in [0.1, 0.15) is 0 Å². The van der Waals surface area contributed by atoms with Crippen LogP contribution in [0.1, 0.15) is 20.3 Å². The summed E-state index contributed by atoms with van der Waals surface area (Å²) in [6, 6.07) is 0. The molecule has 1 aliphatic rings. The number of hydrogen-bond acceptors (Lipinski definition) is 1. The van der Waals surface area contributed by atoms with Gasteiger partial charge in [0.15, 0.2) is 0 Å². The average Bonchev–Trinajstić information content (AvgIpc) is 1.81. The van der Waals surface area contributed by atoms with Crippen LogP contribution in [0.2, 0.25) is 0 Å². The zero-order chi connectivity index (χ0) is 9.14. The van der Waals surface area contributed by atoms with E-state index in [2.05, 4.69) is 11.9 Å². The molecule has 0 aromatic carbocycles. The van der Waals surface area contributed by atoms with Crippen LogP contribution in [0.5, 0.6) is 0 Å². The Balaban J connectivity index is 2.76. The molecule has 12 heavy (non-hydrogen) atoms. The molecule has 2 heteroatoms. The van der Waals surface area contributed by atoms with Crippen LogP contribution in [0.15, 0.2) is 35.6 Å². The Morgan fingerprint density at radius 3 is 2.75 bits per heavy atom. The summed E-state index contributed by atoms with van der Waals surface area (Å²) >= 11 is 0. The minimum atomic E-state index is -0.0417. The Labute approximate surface area is 72.7 Å². The van der Waals surface area contributed by atoms with Gasteiger partial charge in [-0.3, -0.25) is 4.79 Å². The van der Waals surface area contributed by atoms with Crippen LogP contribution in [0, 0.1) is 0 Å². The van der Waals surface area contributed by atoms with Crippen molar-refractivity contribution in [1.82, 2.24) is 5.32 Å². The van der Waals surface area contributed by atoms with Gasteiger partial charge in [0, 0.05) is 12.6 Å². The summed E-state index contributed by atoms with van der Waals surface area (Å²) in [6.07, 6.45) is 4.77. The van der Waals surface area contributed by atoms with Gasteiger partial charge in [-0.05, 0) is 31.1 Å². The number of carbonyl (C=O) groups is 1. The van der Waals surface area contributed by atoms with E-state index in [-0.39, 0.29) is 5.91 Å². The van der Waals surface area contributed by atoms with Crippen LogP contribution in [0.3, 0.4) is 0 Å². The maximum atomic E-state index is 10.7. The highest BCUT2D eigenvalue weighted by Crippen LogP contribution is 2.18. The zero-order valence-corrected chi connectivity index (χ0v) is 7.48. The van der Waals surface area contributed by atoms with E-state index in [1.165, 1.54) is 12.5 Å². The summed E-state index contributed by atoms with van der Waals surface area (Å²) in [5.74, 6) is -0.0417. The van der Waals surface area contributed by atoms with Crippen molar-refractivity contribution in [2.24, 2.45) is 0 Å². The van der Waals surface area contributed by atoms with Crippen molar-refractivity contribution < 1.29 is 4.79 Å². The Bertz CT molecular complexity index is 284. The van der Waals surface area contributed by atoms with Gasteiger partial charge in [0.25, 0.3) is 0 Å². The minimum absolute atomic E-state index is 0.0417. The molecule has 0 radical (unpaired) electrons. The van der Waals surface area contributed by atoms with Crippen LogP contribution < -0.4 is 5.32 Å². The topological polar surface area (TPSA) is 29.1 Å². The van der Waals surface area contributed by atoms with Gasteiger partial charge in [-0.25, -0.2) is 0 Å². The number of allylic oxidation sites excluding steroid dienone is 4. The molecule has 0 bridgehead atoms. The Hall–Kier alpha value is -1.31. The van der Waals surface area contributed by atoms with Crippen LogP contribution in [0.25, 0.3) is 0 Å². The van der Waals surface area contributed by atoms with E-state index in [0.29, 0.717) is 0 Å². The van der Waals surface area contributed by atoms with E-state index in [9.17, 15) is 4.79 Å². The van der Waals surface area contributed by atoms with Gasteiger partial charge in [-0.15, -0.1) is 0 Å². The maximum absolute atomic E-state index is 10.7. The van der Waals surface area contributed by atoms with Crippen molar-refractivity contribution in [3.05, 3.63) is 35.6 Å². The Morgan fingerprint density at radius 1 is 1.58 bits per heavy atom. The summed E-state index contributed by atoms with van der Waals surface area (Å²) in [7, 11) is 0. The van der Waals surface area contributed by atoms with E-state index < -0.39 is 0 Å². The van der Waals surface area contributed by atoms with E-state index in [1.807, 2.05) is 19.1 Å². The number of nitrogens with one attached hydrogen (secondary N) is 1. The maximum Gasteiger partial charge on any atom is 0.221 e. The van der Waals surface area contributed by atoms with Crippen LogP contribution in [-0.2, 0) is 4.79 Å². The van der Waals surface area contributed by atoms with Crippen LogP contribution in [-0.4, -0.2) is 5.91 Å². The minimum Gasteiger partial charge on any atom is -0.326 e. The molecule has 0 heterocycles. The standard InChI is InChI=1S/C10H13NO/c1-7-4-8(2)6-10(5-7)11-9(3)12/h5-6H,1,4H2,2-3H3,(H,11,12). The first-order valence-electron chi connectivity index (χ1n) is 3.92. The summed E-state index contributed by atoms with van der Waals surface area (Å²) in [5.41, 5.74) is 3.11. The highest BCUT2D eigenvalue weighted by atomic mass is 16.1. The Kier molecular flexibility index (Phi) is 2.48. The molecule has 2 nitrogen and oxygen atoms in total. The summed E-state index contributed by atoms with van der Waals surface area (Å²) < 4.78 is 0. The predicted octanol–water partition coefficient (Wildman–Crippen LogP) is 1.91. The van der Waals surface area contributed by atoms with Crippen molar-refractivity contribution >= 4 is 5.91 Å². The van der Waals surface area contributed by atoms with E-state index in [4.69, 9.17) is 0 Å². The zero-order valence-electron chi connectivity index (χ0n) is 7.48. The van der Waals surface area contributed by atoms with Crippen LogP contribution >= 0.6 is 0 Å². The highest BCUT2D eigenvalue weighted by molar-refractivity contribution is 5.75. The second-order valence-electron chi connectivity index (χ2n) is 3.11. The Morgan fingerprint density at radius 2 is 2.25 bits per heavy atom. The number of amides is 1. The summed E-state index contributed by atoms with van der Waals surface area (Å²) in [6.45, 7) is 7.38. The highest BCUT2D eigenvalue weighted by Gasteiger charge is 2.04. The largest absolute Gasteiger partial charge is 0.326 e. The summed E-state index contributed by atoms with van der Waals surface area (Å²) in [5, 5.41) is 2.73. The molecular formula is C10H13NO.